The third kappa shape index (κ3) is 4.84. The standard InChI is InChI=1S/C23H28N6O2/c1-16(2)25-23(31)26-18-10-13-28(14-11-18)21-22(30)29(15-17-7-4-3-5-8-17)20-19(27-21)9-6-12-24-20/h3-9,12,16,18H,10-11,13-15H2,1-2H3,(H2,25,26,31). The van der Waals surface area contributed by atoms with Gasteiger partial charge in [-0.05, 0) is 44.4 Å². The molecule has 0 radical (unpaired) electrons. The fourth-order valence-electron chi connectivity index (χ4n) is 3.91. The Balaban J connectivity index is 1.57. The van der Waals surface area contributed by atoms with Gasteiger partial charge in [0.2, 0.25) is 0 Å². The Kier molecular flexibility index (Phi) is 6.16. The number of urea groups is 1. The lowest BCUT2D eigenvalue weighted by atomic mass is 10.1. The highest BCUT2D eigenvalue weighted by molar-refractivity contribution is 5.74. The zero-order valence-corrected chi connectivity index (χ0v) is 17.9. The first-order chi connectivity index (χ1) is 15.0. The monoisotopic (exact) mass is 420 g/mol. The van der Waals surface area contributed by atoms with Crippen molar-refractivity contribution in [1.29, 1.82) is 0 Å². The van der Waals surface area contributed by atoms with Gasteiger partial charge in [-0.1, -0.05) is 30.3 Å². The van der Waals surface area contributed by atoms with Gasteiger partial charge < -0.3 is 15.5 Å². The first kappa shape index (κ1) is 20.8. The number of aromatic nitrogens is 3. The molecule has 4 rings (SSSR count). The number of hydrogen-bond acceptors (Lipinski definition) is 5. The van der Waals surface area contributed by atoms with E-state index in [1.54, 1.807) is 10.8 Å². The summed E-state index contributed by atoms with van der Waals surface area (Å²) in [5, 5.41) is 5.88. The van der Waals surface area contributed by atoms with Gasteiger partial charge in [0.1, 0.15) is 5.52 Å². The summed E-state index contributed by atoms with van der Waals surface area (Å²) in [5.74, 6) is 0.446. The molecular weight excluding hydrogens is 392 g/mol. The lowest BCUT2D eigenvalue weighted by Crippen LogP contribution is -2.50. The normalized spacial score (nSPS) is 14.7. The van der Waals surface area contributed by atoms with Crippen LogP contribution in [-0.4, -0.2) is 45.7 Å². The number of carbonyl (C=O) groups is 1. The van der Waals surface area contributed by atoms with E-state index in [0.29, 0.717) is 36.6 Å². The van der Waals surface area contributed by atoms with E-state index in [0.717, 1.165) is 18.4 Å². The summed E-state index contributed by atoms with van der Waals surface area (Å²) < 4.78 is 1.70. The summed E-state index contributed by atoms with van der Waals surface area (Å²) in [5.41, 5.74) is 2.18. The Morgan fingerprint density at radius 2 is 1.87 bits per heavy atom. The van der Waals surface area contributed by atoms with Gasteiger partial charge in [-0.3, -0.25) is 9.36 Å². The minimum atomic E-state index is -0.145. The number of carbonyl (C=O) groups excluding carboxylic acids is 1. The predicted molar refractivity (Wildman–Crippen MR) is 121 cm³/mol. The molecule has 31 heavy (non-hydrogen) atoms. The van der Waals surface area contributed by atoms with Crippen molar-refractivity contribution in [2.45, 2.75) is 45.3 Å². The van der Waals surface area contributed by atoms with E-state index in [-0.39, 0.29) is 23.7 Å². The molecule has 1 fully saturated rings. The molecule has 0 atom stereocenters. The van der Waals surface area contributed by atoms with Crippen LogP contribution in [-0.2, 0) is 6.54 Å². The molecule has 8 nitrogen and oxygen atoms in total. The van der Waals surface area contributed by atoms with E-state index in [1.165, 1.54) is 0 Å². The zero-order valence-electron chi connectivity index (χ0n) is 17.9. The van der Waals surface area contributed by atoms with E-state index >= 15 is 0 Å². The van der Waals surface area contributed by atoms with Gasteiger partial charge in [0.05, 0.1) is 6.54 Å². The van der Waals surface area contributed by atoms with Crippen molar-refractivity contribution >= 4 is 23.0 Å². The van der Waals surface area contributed by atoms with Crippen molar-refractivity contribution < 1.29 is 4.79 Å². The quantitative estimate of drug-likeness (QED) is 0.662. The molecule has 2 aromatic heterocycles. The number of fused-ring (bicyclic) bond motifs is 1. The molecule has 1 aromatic carbocycles. The second-order valence-corrected chi connectivity index (χ2v) is 8.19. The number of hydrogen-bond donors (Lipinski definition) is 2. The van der Waals surface area contributed by atoms with Crippen molar-refractivity contribution in [3.05, 3.63) is 64.6 Å². The molecule has 1 aliphatic heterocycles. The van der Waals surface area contributed by atoms with Crippen molar-refractivity contribution in [2.75, 3.05) is 18.0 Å². The first-order valence-electron chi connectivity index (χ1n) is 10.7. The number of amides is 2. The Bertz CT molecular complexity index is 1100. The third-order valence-electron chi connectivity index (χ3n) is 5.42. The Morgan fingerprint density at radius 1 is 1.13 bits per heavy atom. The number of anilines is 1. The first-order valence-corrected chi connectivity index (χ1v) is 10.7. The highest BCUT2D eigenvalue weighted by atomic mass is 16.2. The van der Waals surface area contributed by atoms with Crippen LogP contribution in [0.2, 0.25) is 0 Å². The molecule has 0 spiro atoms. The second-order valence-electron chi connectivity index (χ2n) is 8.19. The highest BCUT2D eigenvalue weighted by Crippen LogP contribution is 2.18. The van der Waals surface area contributed by atoms with Crippen LogP contribution in [0.25, 0.3) is 11.2 Å². The molecule has 3 aromatic rings. The molecule has 2 N–H and O–H groups in total. The van der Waals surface area contributed by atoms with Gasteiger partial charge in [-0.25, -0.2) is 14.8 Å². The number of benzene rings is 1. The molecule has 162 valence electrons. The van der Waals surface area contributed by atoms with E-state index in [9.17, 15) is 9.59 Å². The lowest BCUT2D eigenvalue weighted by Gasteiger charge is -2.33. The number of rotatable bonds is 5. The molecular formula is C23H28N6O2. The van der Waals surface area contributed by atoms with Crippen molar-refractivity contribution in [3.8, 4) is 0 Å². The predicted octanol–water partition coefficient (Wildman–Crippen LogP) is 2.52. The van der Waals surface area contributed by atoms with Crippen LogP contribution in [0.15, 0.2) is 53.5 Å². The number of pyridine rings is 1. The van der Waals surface area contributed by atoms with Crippen LogP contribution in [0.5, 0.6) is 0 Å². The molecule has 0 bridgehead atoms. The minimum absolute atomic E-state index is 0.0867. The van der Waals surface area contributed by atoms with Gasteiger partial charge in [-0.15, -0.1) is 0 Å². The molecule has 0 aliphatic carbocycles. The Morgan fingerprint density at radius 3 is 2.58 bits per heavy atom. The lowest BCUT2D eigenvalue weighted by molar-refractivity contribution is 0.232. The summed E-state index contributed by atoms with van der Waals surface area (Å²) in [6.45, 7) is 5.62. The maximum atomic E-state index is 13.4. The summed E-state index contributed by atoms with van der Waals surface area (Å²) in [6.07, 6.45) is 3.21. The van der Waals surface area contributed by atoms with Crippen LogP contribution < -0.4 is 21.1 Å². The van der Waals surface area contributed by atoms with Crippen LogP contribution >= 0.6 is 0 Å². The molecule has 0 saturated carbocycles. The number of nitrogens with one attached hydrogen (secondary N) is 2. The SMILES string of the molecule is CC(C)NC(=O)NC1CCN(c2nc3cccnc3n(Cc3ccccc3)c2=O)CC1. The van der Waals surface area contributed by atoms with Crippen LogP contribution in [0, 0.1) is 0 Å². The second kappa shape index (κ2) is 9.16. The molecule has 1 saturated heterocycles. The van der Waals surface area contributed by atoms with Crippen molar-refractivity contribution in [3.63, 3.8) is 0 Å². The van der Waals surface area contributed by atoms with E-state index in [1.807, 2.05) is 61.2 Å². The molecule has 8 heteroatoms. The average molecular weight is 421 g/mol. The van der Waals surface area contributed by atoms with Crippen LogP contribution in [0.3, 0.4) is 0 Å². The summed E-state index contributed by atoms with van der Waals surface area (Å²) in [4.78, 5) is 36.5. The van der Waals surface area contributed by atoms with Crippen LogP contribution in [0.4, 0.5) is 10.6 Å². The largest absolute Gasteiger partial charge is 0.352 e. The van der Waals surface area contributed by atoms with Gasteiger partial charge in [-0.2, -0.15) is 0 Å². The fraction of sp³-hybridized carbons (Fsp3) is 0.391. The van der Waals surface area contributed by atoms with Crippen LogP contribution in [0.1, 0.15) is 32.3 Å². The van der Waals surface area contributed by atoms with Crippen molar-refractivity contribution in [2.24, 2.45) is 0 Å². The molecule has 1 aliphatic rings. The van der Waals surface area contributed by atoms with Gasteiger partial charge in [0.15, 0.2) is 11.5 Å². The highest BCUT2D eigenvalue weighted by Gasteiger charge is 2.25. The van der Waals surface area contributed by atoms with E-state index < -0.39 is 0 Å². The van der Waals surface area contributed by atoms with Gasteiger partial charge in [0, 0.05) is 31.4 Å². The summed E-state index contributed by atoms with van der Waals surface area (Å²) >= 11 is 0. The number of piperidine rings is 1. The van der Waals surface area contributed by atoms with E-state index in [4.69, 9.17) is 0 Å². The number of nitrogens with zero attached hydrogens (tertiary/aromatic N) is 4. The summed E-state index contributed by atoms with van der Waals surface area (Å²) in [7, 11) is 0. The molecule has 2 amide bonds. The third-order valence-corrected chi connectivity index (χ3v) is 5.42. The van der Waals surface area contributed by atoms with Gasteiger partial charge in [0.25, 0.3) is 5.56 Å². The molecule has 0 unspecified atom stereocenters. The topological polar surface area (TPSA) is 92.2 Å². The van der Waals surface area contributed by atoms with Crippen molar-refractivity contribution in [1.82, 2.24) is 25.2 Å². The Labute approximate surface area is 181 Å². The Hall–Kier alpha value is -3.42. The smallest absolute Gasteiger partial charge is 0.315 e. The minimum Gasteiger partial charge on any atom is -0.352 e. The van der Waals surface area contributed by atoms with Gasteiger partial charge >= 0.3 is 6.03 Å². The van der Waals surface area contributed by atoms with E-state index in [2.05, 4.69) is 20.6 Å². The maximum Gasteiger partial charge on any atom is 0.315 e. The maximum absolute atomic E-state index is 13.4. The molecule has 3 heterocycles. The summed E-state index contributed by atoms with van der Waals surface area (Å²) in [6, 6.07) is 13.6. The fourth-order valence-corrected chi connectivity index (χ4v) is 3.91. The average Bonchev–Trinajstić information content (AvgIpc) is 2.76. The zero-order chi connectivity index (χ0) is 21.8.